The van der Waals surface area contributed by atoms with E-state index in [1.807, 2.05) is 37.3 Å². The number of carbonyl (C=O) groups excluding carboxylic acids is 1. The minimum atomic E-state index is -1.04. The molecule has 4 N–H and O–H groups in total. The lowest BCUT2D eigenvalue weighted by Gasteiger charge is -2.35. The largest absolute Gasteiger partial charge is 0.386 e. The number of fused-ring (bicyclic) bond motifs is 4. The van der Waals surface area contributed by atoms with Crippen LogP contribution < -0.4 is 17.0 Å². The van der Waals surface area contributed by atoms with E-state index in [1.165, 1.54) is 15.0 Å². The second-order valence-electron chi connectivity index (χ2n) is 11.6. The number of primary amides is 1. The SMILES string of the molecule is Cc1c([C@H]2c3c([nH]c4cc(C(C)(C)O)ccc34)[C@@H](C(N)=O)C[C@H]2C)cccc1-n1c(=O)cc2c(Cl)cccn2c1=O. The third-order valence-corrected chi connectivity index (χ3v) is 8.86. The summed E-state index contributed by atoms with van der Waals surface area (Å²) in [4.78, 5) is 42.9. The van der Waals surface area contributed by atoms with E-state index in [9.17, 15) is 19.5 Å². The number of benzene rings is 2. The van der Waals surface area contributed by atoms with Crippen LogP contribution in [-0.2, 0) is 10.4 Å². The van der Waals surface area contributed by atoms with Gasteiger partial charge in [0, 0.05) is 34.8 Å². The maximum atomic E-state index is 13.6. The van der Waals surface area contributed by atoms with E-state index in [0.717, 1.165) is 38.9 Å². The molecule has 0 spiro atoms. The van der Waals surface area contributed by atoms with Gasteiger partial charge in [-0.05, 0) is 79.6 Å². The van der Waals surface area contributed by atoms with Crippen LogP contribution in [0.5, 0.6) is 0 Å². The highest BCUT2D eigenvalue weighted by atomic mass is 35.5. The highest BCUT2D eigenvalue weighted by Crippen LogP contribution is 2.49. The Morgan fingerprint density at radius 1 is 1.12 bits per heavy atom. The van der Waals surface area contributed by atoms with Crippen molar-refractivity contribution in [2.75, 3.05) is 0 Å². The second-order valence-corrected chi connectivity index (χ2v) is 12.0. The molecule has 0 fully saturated rings. The van der Waals surface area contributed by atoms with Crippen LogP contribution in [-0.4, -0.2) is 25.0 Å². The third-order valence-electron chi connectivity index (χ3n) is 8.54. The van der Waals surface area contributed by atoms with E-state index < -0.39 is 28.7 Å². The highest BCUT2D eigenvalue weighted by molar-refractivity contribution is 6.33. The molecule has 3 atom stereocenters. The highest BCUT2D eigenvalue weighted by Gasteiger charge is 2.39. The van der Waals surface area contributed by atoms with Gasteiger partial charge in [0.15, 0.2) is 0 Å². The fraction of sp³-hybridized carbons (Fsp3) is 0.281. The number of nitrogens with zero attached hydrogens (tertiary/aromatic N) is 2. The number of aromatic nitrogens is 3. The Kier molecular flexibility index (Phi) is 6.24. The van der Waals surface area contributed by atoms with Crippen molar-refractivity contribution in [1.29, 1.82) is 0 Å². The maximum absolute atomic E-state index is 13.6. The lowest BCUT2D eigenvalue weighted by atomic mass is 9.69. The molecule has 0 radical (unpaired) electrons. The van der Waals surface area contributed by atoms with Crippen LogP contribution in [0.1, 0.15) is 67.0 Å². The van der Waals surface area contributed by atoms with E-state index in [1.54, 1.807) is 38.2 Å². The van der Waals surface area contributed by atoms with Gasteiger partial charge < -0.3 is 15.8 Å². The first-order valence-electron chi connectivity index (χ1n) is 13.6. The predicted octanol–water partition coefficient (Wildman–Crippen LogP) is 4.86. The number of rotatable bonds is 4. The summed E-state index contributed by atoms with van der Waals surface area (Å²) in [5.41, 5.74) is 9.75. The second kappa shape index (κ2) is 9.46. The van der Waals surface area contributed by atoms with E-state index >= 15 is 0 Å². The first-order chi connectivity index (χ1) is 19.4. The van der Waals surface area contributed by atoms with Crippen LogP contribution >= 0.6 is 11.6 Å². The summed E-state index contributed by atoms with van der Waals surface area (Å²) >= 11 is 6.27. The van der Waals surface area contributed by atoms with Crippen molar-refractivity contribution in [2.24, 2.45) is 11.7 Å². The van der Waals surface area contributed by atoms with Gasteiger partial charge in [-0.3, -0.25) is 14.0 Å². The van der Waals surface area contributed by atoms with Crippen molar-refractivity contribution in [3.8, 4) is 5.69 Å². The lowest BCUT2D eigenvalue weighted by molar-refractivity contribution is -0.120. The first kappa shape index (κ1) is 27.1. The molecule has 3 heterocycles. The first-order valence-corrected chi connectivity index (χ1v) is 14.0. The summed E-state index contributed by atoms with van der Waals surface area (Å²) in [7, 11) is 0. The van der Waals surface area contributed by atoms with Crippen molar-refractivity contribution in [2.45, 2.75) is 51.6 Å². The van der Waals surface area contributed by atoms with Crippen molar-refractivity contribution in [3.05, 3.63) is 115 Å². The number of halogens is 1. The average molecular weight is 571 g/mol. The van der Waals surface area contributed by atoms with Gasteiger partial charge in [-0.2, -0.15) is 0 Å². The Hall–Kier alpha value is -4.14. The van der Waals surface area contributed by atoms with E-state index in [2.05, 4.69) is 11.9 Å². The van der Waals surface area contributed by atoms with Gasteiger partial charge in [0.1, 0.15) is 0 Å². The molecule has 9 heteroatoms. The van der Waals surface area contributed by atoms with Gasteiger partial charge in [0.25, 0.3) is 5.56 Å². The van der Waals surface area contributed by atoms with Crippen LogP contribution in [0.25, 0.3) is 22.1 Å². The number of aliphatic hydroxyl groups is 1. The lowest BCUT2D eigenvalue weighted by Crippen LogP contribution is -2.36. The van der Waals surface area contributed by atoms with Gasteiger partial charge in [-0.15, -0.1) is 0 Å². The number of nitrogens with one attached hydrogen (secondary N) is 1. The Labute approximate surface area is 241 Å². The smallest absolute Gasteiger partial charge is 0.340 e. The molecule has 5 aromatic rings. The summed E-state index contributed by atoms with van der Waals surface area (Å²) in [6.07, 6.45) is 2.13. The molecule has 6 rings (SSSR count). The van der Waals surface area contributed by atoms with Crippen molar-refractivity contribution in [1.82, 2.24) is 14.0 Å². The summed E-state index contributed by atoms with van der Waals surface area (Å²) < 4.78 is 2.54. The fourth-order valence-corrected chi connectivity index (χ4v) is 6.70. The molecule has 0 bridgehead atoms. The maximum Gasteiger partial charge on any atom is 0.340 e. The van der Waals surface area contributed by atoms with Gasteiger partial charge >= 0.3 is 5.69 Å². The molecule has 2 aromatic carbocycles. The fourth-order valence-electron chi connectivity index (χ4n) is 6.49. The number of pyridine rings is 1. The molecule has 41 heavy (non-hydrogen) atoms. The van der Waals surface area contributed by atoms with Crippen LogP contribution in [0, 0.1) is 12.8 Å². The van der Waals surface area contributed by atoms with Gasteiger partial charge in [0.05, 0.1) is 27.7 Å². The molecule has 8 nitrogen and oxygen atoms in total. The number of hydrogen-bond acceptors (Lipinski definition) is 4. The number of aromatic amines is 1. The van der Waals surface area contributed by atoms with Crippen LogP contribution in [0.2, 0.25) is 5.02 Å². The molecular formula is C32H31ClN4O4. The molecule has 0 unspecified atom stereocenters. The summed E-state index contributed by atoms with van der Waals surface area (Å²) in [5, 5.41) is 11.9. The van der Waals surface area contributed by atoms with Crippen molar-refractivity contribution >= 4 is 33.9 Å². The summed E-state index contributed by atoms with van der Waals surface area (Å²) in [6.45, 7) is 7.47. The third kappa shape index (κ3) is 4.21. The number of hydrogen-bond donors (Lipinski definition) is 3. The number of nitrogens with two attached hydrogens (primary N) is 1. The molecule has 0 saturated carbocycles. The van der Waals surface area contributed by atoms with Gasteiger partial charge in [-0.1, -0.05) is 42.8 Å². The number of H-pyrrole nitrogens is 1. The summed E-state index contributed by atoms with van der Waals surface area (Å²) in [6, 6.07) is 16.1. The van der Waals surface area contributed by atoms with Crippen LogP contribution in [0.15, 0.2) is 70.4 Å². The van der Waals surface area contributed by atoms with Gasteiger partial charge in [-0.25, -0.2) is 9.36 Å². The van der Waals surface area contributed by atoms with Crippen molar-refractivity contribution < 1.29 is 9.90 Å². The standard InChI is InChI=1S/C32H31ClN4O4/c1-16-13-21(30(34)39)29-28(20-11-10-18(32(3,4)41)14-23(20)35-29)27(16)19-7-5-9-24(17(19)2)37-26(38)15-25-22(33)8-6-12-36(25)31(37)40/h5-12,14-16,21,27,35,41H,13H2,1-4H3,(H2,34,39)/t16-,21+,27+/m1/s1. The molecule has 210 valence electrons. The Bertz CT molecular complexity index is 2000. The zero-order valence-corrected chi connectivity index (χ0v) is 24.0. The zero-order valence-electron chi connectivity index (χ0n) is 23.2. The Balaban J connectivity index is 1.59. The van der Waals surface area contributed by atoms with Gasteiger partial charge in [0.2, 0.25) is 5.91 Å². The summed E-state index contributed by atoms with van der Waals surface area (Å²) in [5.74, 6) is -1.01. The number of amides is 1. The minimum Gasteiger partial charge on any atom is -0.386 e. The van der Waals surface area contributed by atoms with E-state index in [-0.39, 0.29) is 11.8 Å². The van der Waals surface area contributed by atoms with E-state index in [4.69, 9.17) is 17.3 Å². The monoisotopic (exact) mass is 570 g/mol. The minimum absolute atomic E-state index is 0.0233. The van der Waals surface area contributed by atoms with E-state index in [0.29, 0.717) is 22.6 Å². The molecule has 0 aliphatic heterocycles. The Morgan fingerprint density at radius 2 is 1.88 bits per heavy atom. The quantitative estimate of drug-likeness (QED) is 0.285. The van der Waals surface area contributed by atoms with Crippen LogP contribution in [0.4, 0.5) is 0 Å². The molecular weight excluding hydrogens is 540 g/mol. The zero-order chi connectivity index (χ0) is 29.4. The molecule has 1 amide bonds. The normalized spacial score (nSPS) is 19.0. The topological polar surface area (TPSA) is 123 Å². The molecule has 0 saturated heterocycles. The van der Waals surface area contributed by atoms with Crippen molar-refractivity contribution in [3.63, 3.8) is 0 Å². The molecule has 1 aliphatic carbocycles. The number of carbonyl (C=O) groups is 1. The van der Waals surface area contributed by atoms with Crippen LogP contribution in [0.3, 0.4) is 0 Å². The molecule has 1 aliphatic rings. The molecule has 3 aromatic heterocycles. The average Bonchev–Trinajstić information content (AvgIpc) is 3.28. The predicted molar refractivity (Wildman–Crippen MR) is 160 cm³/mol. The Morgan fingerprint density at radius 3 is 2.59 bits per heavy atom.